The Labute approximate surface area is 89.1 Å². The maximum atomic E-state index is 11.5. The molecule has 0 aromatic rings. The zero-order valence-corrected chi connectivity index (χ0v) is 8.77. The zero-order chi connectivity index (χ0) is 11.8. The predicted molar refractivity (Wildman–Crippen MR) is 57.6 cm³/mol. The topological polar surface area (TPSA) is 69.6 Å². The third-order valence-electron chi connectivity index (χ3n) is 1.70. The summed E-state index contributed by atoms with van der Waals surface area (Å²) in [4.78, 5) is 23.4. The second-order valence-electron chi connectivity index (χ2n) is 2.99. The van der Waals surface area contributed by atoms with E-state index in [9.17, 15) is 9.59 Å². The molecule has 0 aliphatic rings. The molecule has 0 heterocycles. The van der Waals surface area contributed by atoms with Crippen molar-refractivity contribution in [3.63, 3.8) is 0 Å². The molecule has 15 heavy (non-hydrogen) atoms. The van der Waals surface area contributed by atoms with Crippen LogP contribution in [0.1, 0.15) is 6.92 Å². The number of carboxylic acids is 1. The van der Waals surface area contributed by atoms with E-state index in [1.165, 1.54) is 11.8 Å². The zero-order valence-electron chi connectivity index (χ0n) is 8.77. The largest absolute Gasteiger partial charge is 0.480 e. The lowest BCUT2D eigenvalue weighted by atomic mass is 10.3. The maximum absolute atomic E-state index is 11.5. The van der Waals surface area contributed by atoms with Crippen LogP contribution in [0.3, 0.4) is 0 Å². The maximum Gasteiger partial charge on any atom is 0.325 e. The standard InChI is InChI=1S/C10H16N2O3/c1-4-6-12(7-5-2)10(15)11-8(3)9(13)14/h4-5,8H,1-2,6-7H2,3H3,(H,11,15)(H,13,14). The molecule has 5 nitrogen and oxygen atoms in total. The summed E-state index contributed by atoms with van der Waals surface area (Å²) >= 11 is 0. The molecule has 2 N–H and O–H groups in total. The fraction of sp³-hybridized carbons (Fsp3) is 0.400. The van der Waals surface area contributed by atoms with Crippen molar-refractivity contribution in [1.29, 1.82) is 0 Å². The van der Waals surface area contributed by atoms with Crippen molar-refractivity contribution < 1.29 is 14.7 Å². The van der Waals surface area contributed by atoms with Gasteiger partial charge in [0.05, 0.1) is 0 Å². The molecule has 0 spiro atoms. The monoisotopic (exact) mass is 212 g/mol. The van der Waals surface area contributed by atoms with Crippen molar-refractivity contribution in [2.75, 3.05) is 13.1 Å². The highest BCUT2D eigenvalue weighted by Gasteiger charge is 2.17. The van der Waals surface area contributed by atoms with Gasteiger partial charge in [-0.05, 0) is 6.92 Å². The van der Waals surface area contributed by atoms with Gasteiger partial charge in [0.25, 0.3) is 0 Å². The molecular formula is C10H16N2O3. The molecule has 2 amide bonds. The number of carboxylic acid groups (broad SMARTS) is 1. The highest BCUT2D eigenvalue weighted by atomic mass is 16.4. The summed E-state index contributed by atoms with van der Waals surface area (Å²) in [6.45, 7) is 9.12. The van der Waals surface area contributed by atoms with E-state index in [-0.39, 0.29) is 0 Å². The normalized spacial score (nSPS) is 11.3. The molecule has 0 rings (SSSR count). The first kappa shape index (κ1) is 13.2. The van der Waals surface area contributed by atoms with Gasteiger partial charge in [0.15, 0.2) is 0 Å². The summed E-state index contributed by atoms with van der Waals surface area (Å²) in [6.07, 6.45) is 3.13. The third kappa shape index (κ3) is 4.85. The van der Waals surface area contributed by atoms with Crippen LogP contribution in [0.2, 0.25) is 0 Å². The minimum Gasteiger partial charge on any atom is -0.480 e. The van der Waals surface area contributed by atoms with Gasteiger partial charge in [0.2, 0.25) is 0 Å². The van der Waals surface area contributed by atoms with E-state index >= 15 is 0 Å². The number of amides is 2. The summed E-state index contributed by atoms with van der Waals surface area (Å²) in [5.74, 6) is -1.07. The van der Waals surface area contributed by atoms with Crippen LogP contribution < -0.4 is 5.32 Å². The minimum atomic E-state index is -1.07. The lowest BCUT2D eigenvalue weighted by Gasteiger charge is -2.21. The number of aliphatic carboxylic acids is 1. The Morgan fingerprint density at radius 2 is 1.87 bits per heavy atom. The number of carbonyl (C=O) groups is 2. The summed E-state index contributed by atoms with van der Waals surface area (Å²) < 4.78 is 0. The van der Waals surface area contributed by atoms with E-state index in [0.29, 0.717) is 13.1 Å². The SMILES string of the molecule is C=CCN(CC=C)C(=O)NC(C)C(=O)O. The molecular weight excluding hydrogens is 196 g/mol. The van der Waals surface area contributed by atoms with Crippen LogP contribution >= 0.6 is 0 Å². The average molecular weight is 212 g/mol. The van der Waals surface area contributed by atoms with Crippen LogP contribution in [0.5, 0.6) is 0 Å². The lowest BCUT2D eigenvalue weighted by molar-refractivity contribution is -0.138. The molecule has 0 radical (unpaired) electrons. The lowest BCUT2D eigenvalue weighted by Crippen LogP contribution is -2.46. The minimum absolute atomic E-state index is 0.351. The molecule has 0 aromatic carbocycles. The number of nitrogens with one attached hydrogen (secondary N) is 1. The smallest absolute Gasteiger partial charge is 0.325 e. The molecule has 0 aliphatic heterocycles. The van der Waals surface area contributed by atoms with Gasteiger partial charge in [-0.3, -0.25) is 4.79 Å². The van der Waals surface area contributed by atoms with Crippen molar-refractivity contribution in [2.45, 2.75) is 13.0 Å². The molecule has 0 fully saturated rings. The Bertz CT molecular complexity index is 253. The van der Waals surface area contributed by atoms with Gasteiger partial charge in [-0.2, -0.15) is 0 Å². The summed E-state index contributed by atoms with van der Waals surface area (Å²) in [5, 5.41) is 10.9. The highest BCUT2D eigenvalue weighted by molar-refractivity contribution is 5.82. The number of urea groups is 1. The van der Waals surface area contributed by atoms with Gasteiger partial charge in [0, 0.05) is 13.1 Å². The highest BCUT2D eigenvalue weighted by Crippen LogP contribution is 1.92. The number of hydrogen-bond donors (Lipinski definition) is 2. The molecule has 1 atom stereocenters. The Morgan fingerprint density at radius 3 is 2.20 bits per heavy atom. The third-order valence-corrected chi connectivity index (χ3v) is 1.70. The van der Waals surface area contributed by atoms with Crippen LogP contribution in [0, 0.1) is 0 Å². The summed E-state index contributed by atoms with van der Waals surface area (Å²) in [7, 11) is 0. The van der Waals surface area contributed by atoms with Gasteiger partial charge in [-0.25, -0.2) is 4.79 Å². The quantitative estimate of drug-likeness (QED) is 0.641. The number of carbonyl (C=O) groups excluding carboxylic acids is 1. The van der Waals surface area contributed by atoms with Crippen LogP contribution in [-0.2, 0) is 4.79 Å². The second-order valence-corrected chi connectivity index (χ2v) is 2.99. The average Bonchev–Trinajstić information content (AvgIpc) is 2.17. The Hall–Kier alpha value is -1.78. The summed E-state index contributed by atoms with van der Waals surface area (Å²) in [5.41, 5.74) is 0. The van der Waals surface area contributed by atoms with Crippen molar-refractivity contribution in [3.8, 4) is 0 Å². The first-order chi connectivity index (χ1) is 7.02. The van der Waals surface area contributed by atoms with Crippen LogP contribution in [0.15, 0.2) is 25.3 Å². The fourth-order valence-electron chi connectivity index (χ4n) is 0.890. The van der Waals surface area contributed by atoms with Crippen molar-refractivity contribution in [3.05, 3.63) is 25.3 Å². The first-order valence-electron chi connectivity index (χ1n) is 4.53. The first-order valence-corrected chi connectivity index (χ1v) is 4.53. The van der Waals surface area contributed by atoms with Gasteiger partial charge in [-0.15, -0.1) is 13.2 Å². The van der Waals surface area contributed by atoms with Crippen molar-refractivity contribution >= 4 is 12.0 Å². The fourth-order valence-corrected chi connectivity index (χ4v) is 0.890. The van der Waals surface area contributed by atoms with Crippen molar-refractivity contribution in [2.24, 2.45) is 0 Å². The van der Waals surface area contributed by atoms with Gasteiger partial charge in [-0.1, -0.05) is 12.2 Å². The van der Waals surface area contributed by atoms with E-state index in [1.54, 1.807) is 12.2 Å². The molecule has 0 bridgehead atoms. The predicted octanol–water partition coefficient (Wildman–Crippen LogP) is 0.843. The van der Waals surface area contributed by atoms with Crippen LogP contribution in [0.4, 0.5) is 4.79 Å². The van der Waals surface area contributed by atoms with E-state index in [4.69, 9.17) is 5.11 Å². The molecule has 0 saturated carbocycles. The van der Waals surface area contributed by atoms with E-state index in [1.807, 2.05) is 0 Å². The van der Waals surface area contributed by atoms with Gasteiger partial charge >= 0.3 is 12.0 Å². The van der Waals surface area contributed by atoms with Gasteiger partial charge in [0.1, 0.15) is 6.04 Å². The molecule has 84 valence electrons. The molecule has 1 unspecified atom stereocenters. The summed E-state index contributed by atoms with van der Waals surface area (Å²) in [6, 6.07) is -1.35. The molecule has 0 aromatic heterocycles. The van der Waals surface area contributed by atoms with Crippen LogP contribution in [-0.4, -0.2) is 41.1 Å². The molecule has 5 heteroatoms. The van der Waals surface area contributed by atoms with Crippen LogP contribution in [0.25, 0.3) is 0 Å². The van der Waals surface area contributed by atoms with E-state index in [0.717, 1.165) is 0 Å². The molecule has 0 saturated heterocycles. The Kier molecular flexibility index (Phi) is 5.85. The number of rotatable bonds is 6. The second kappa shape index (κ2) is 6.64. The number of nitrogens with zero attached hydrogens (tertiary/aromatic N) is 1. The number of hydrogen-bond acceptors (Lipinski definition) is 2. The van der Waals surface area contributed by atoms with Gasteiger partial charge < -0.3 is 15.3 Å². The molecule has 0 aliphatic carbocycles. The van der Waals surface area contributed by atoms with E-state index < -0.39 is 18.0 Å². The van der Waals surface area contributed by atoms with E-state index in [2.05, 4.69) is 18.5 Å². The van der Waals surface area contributed by atoms with Crippen molar-refractivity contribution in [1.82, 2.24) is 10.2 Å². The Balaban J connectivity index is 4.29. The Morgan fingerprint density at radius 1 is 1.40 bits per heavy atom.